The first-order valence-corrected chi connectivity index (χ1v) is 13.1. The number of benzene rings is 1. The van der Waals surface area contributed by atoms with Crippen molar-refractivity contribution in [2.45, 2.75) is 51.2 Å². The topological polar surface area (TPSA) is 86.1 Å². The summed E-state index contributed by atoms with van der Waals surface area (Å²) < 4.78 is 7.24. The van der Waals surface area contributed by atoms with Gasteiger partial charge in [-0.25, -0.2) is 4.79 Å². The van der Waals surface area contributed by atoms with E-state index in [0.29, 0.717) is 40.3 Å². The van der Waals surface area contributed by atoms with E-state index in [0.717, 1.165) is 36.2 Å². The third-order valence-corrected chi connectivity index (χ3v) is 7.80. The van der Waals surface area contributed by atoms with Gasteiger partial charge in [0.2, 0.25) is 5.91 Å². The molecule has 1 N–H and O–H groups in total. The molecule has 3 aromatic rings. The molecule has 1 aliphatic carbocycles. The van der Waals surface area contributed by atoms with Crippen molar-refractivity contribution in [3.8, 4) is 0 Å². The highest BCUT2D eigenvalue weighted by atomic mass is 35.5. The van der Waals surface area contributed by atoms with Crippen LogP contribution in [-0.2, 0) is 35.3 Å². The van der Waals surface area contributed by atoms with E-state index in [4.69, 9.17) is 16.3 Å². The van der Waals surface area contributed by atoms with Gasteiger partial charge in [-0.2, -0.15) is 0 Å². The van der Waals surface area contributed by atoms with Crippen molar-refractivity contribution in [2.75, 3.05) is 17.7 Å². The molecule has 174 valence electrons. The number of hydrogen-bond acceptors (Lipinski definition) is 7. The van der Waals surface area contributed by atoms with Gasteiger partial charge in [0.05, 0.1) is 17.9 Å². The standard InChI is InChI=1S/C23H25ClN4O3S2/c1-3-28-18(12-14-8-10-15(24)11-9-14)26-27-23(28)32-13-19(29)25-21-20(22(30)31-4-2)16-6-5-7-17(16)33-21/h8-11H,3-7,12-13H2,1-2H3,(H,25,29). The van der Waals surface area contributed by atoms with Crippen molar-refractivity contribution in [3.05, 3.63) is 56.7 Å². The summed E-state index contributed by atoms with van der Waals surface area (Å²) in [6, 6.07) is 7.65. The van der Waals surface area contributed by atoms with E-state index in [-0.39, 0.29) is 17.6 Å². The summed E-state index contributed by atoms with van der Waals surface area (Å²) in [5.41, 5.74) is 2.64. The van der Waals surface area contributed by atoms with Crippen LogP contribution in [0.4, 0.5) is 5.00 Å². The Morgan fingerprint density at radius 2 is 2.00 bits per heavy atom. The predicted molar refractivity (Wildman–Crippen MR) is 132 cm³/mol. The first-order chi connectivity index (χ1) is 16.0. The summed E-state index contributed by atoms with van der Waals surface area (Å²) in [5.74, 6) is 0.457. The summed E-state index contributed by atoms with van der Waals surface area (Å²) in [5, 5.41) is 13.5. The summed E-state index contributed by atoms with van der Waals surface area (Å²) in [6.07, 6.45) is 3.45. The molecular weight excluding hydrogens is 480 g/mol. The van der Waals surface area contributed by atoms with E-state index in [2.05, 4.69) is 15.5 Å². The third-order valence-electron chi connectivity index (χ3n) is 5.37. The van der Waals surface area contributed by atoms with E-state index in [9.17, 15) is 9.59 Å². The van der Waals surface area contributed by atoms with Gasteiger partial charge in [0.15, 0.2) is 5.16 Å². The second-order valence-corrected chi connectivity index (χ2v) is 10.0. The Hall–Kier alpha value is -2.36. The van der Waals surface area contributed by atoms with Gasteiger partial charge in [-0.05, 0) is 56.4 Å². The van der Waals surface area contributed by atoms with E-state index in [1.165, 1.54) is 28.0 Å². The van der Waals surface area contributed by atoms with Crippen LogP contribution in [0.15, 0.2) is 29.4 Å². The molecule has 2 heterocycles. The zero-order chi connectivity index (χ0) is 23.4. The number of amides is 1. The lowest BCUT2D eigenvalue weighted by molar-refractivity contribution is -0.113. The Labute approximate surface area is 205 Å². The molecule has 0 aliphatic heterocycles. The lowest BCUT2D eigenvalue weighted by atomic mass is 10.1. The Morgan fingerprint density at radius 3 is 2.73 bits per heavy atom. The maximum absolute atomic E-state index is 12.7. The number of thiophene rings is 1. The number of esters is 1. The predicted octanol–water partition coefficient (Wildman–Crippen LogP) is 5.00. The highest BCUT2D eigenvalue weighted by Gasteiger charge is 2.28. The van der Waals surface area contributed by atoms with E-state index >= 15 is 0 Å². The van der Waals surface area contributed by atoms with E-state index in [1.54, 1.807) is 6.92 Å². The molecule has 2 aromatic heterocycles. The van der Waals surface area contributed by atoms with Gasteiger partial charge in [-0.1, -0.05) is 35.5 Å². The number of ether oxygens (including phenoxy) is 1. The molecule has 0 saturated carbocycles. The lowest BCUT2D eigenvalue weighted by Crippen LogP contribution is -2.17. The summed E-state index contributed by atoms with van der Waals surface area (Å²) in [7, 11) is 0. The number of rotatable bonds is 9. The van der Waals surface area contributed by atoms with Crippen molar-refractivity contribution >= 4 is 51.6 Å². The summed E-state index contributed by atoms with van der Waals surface area (Å²) >= 11 is 8.79. The van der Waals surface area contributed by atoms with Gasteiger partial charge in [-0.15, -0.1) is 21.5 Å². The quantitative estimate of drug-likeness (QED) is 0.326. The molecule has 10 heteroatoms. The molecule has 33 heavy (non-hydrogen) atoms. The minimum atomic E-state index is -0.363. The molecule has 7 nitrogen and oxygen atoms in total. The van der Waals surface area contributed by atoms with Crippen molar-refractivity contribution < 1.29 is 14.3 Å². The Morgan fingerprint density at radius 1 is 1.21 bits per heavy atom. The first kappa shape index (κ1) is 23.8. The number of halogens is 1. The Balaban J connectivity index is 1.42. The van der Waals surface area contributed by atoms with Crippen molar-refractivity contribution in [3.63, 3.8) is 0 Å². The third kappa shape index (κ3) is 5.42. The van der Waals surface area contributed by atoms with Gasteiger partial charge in [0.25, 0.3) is 0 Å². The van der Waals surface area contributed by atoms with Crippen molar-refractivity contribution in [1.29, 1.82) is 0 Å². The minimum absolute atomic E-state index is 0.171. The summed E-state index contributed by atoms with van der Waals surface area (Å²) in [6.45, 7) is 4.81. The van der Waals surface area contributed by atoms with E-state index < -0.39 is 0 Å². The molecule has 0 spiro atoms. The first-order valence-electron chi connectivity index (χ1n) is 10.9. The molecule has 0 radical (unpaired) electrons. The largest absolute Gasteiger partial charge is 0.462 e. The number of anilines is 1. The molecular formula is C23H25ClN4O3S2. The van der Waals surface area contributed by atoms with Crippen LogP contribution in [0.1, 0.15) is 52.5 Å². The number of carbonyl (C=O) groups excluding carboxylic acids is 2. The monoisotopic (exact) mass is 504 g/mol. The number of aromatic nitrogens is 3. The van der Waals surface area contributed by atoms with Crippen LogP contribution in [0.3, 0.4) is 0 Å². The highest BCUT2D eigenvalue weighted by Crippen LogP contribution is 2.39. The fourth-order valence-electron chi connectivity index (χ4n) is 3.86. The second-order valence-electron chi connectivity index (χ2n) is 7.57. The average Bonchev–Trinajstić information content (AvgIpc) is 3.48. The molecule has 0 fully saturated rings. The SMILES string of the molecule is CCOC(=O)c1c(NC(=O)CSc2nnc(Cc3ccc(Cl)cc3)n2CC)sc2c1CCC2. The van der Waals surface area contributed by atoms with Crippen LogP contribution < -0.4 is 5.32 Å². The van der Waals surface area contributed by atoms with Crippen LogP contribution in [0.5, 0.6) is 0 Å². The van der Waals surface area contributed by atoms with Gasteiger partial charge >= 0.3 is 5.97 Å². The molecule has 1 aliphatic rings. The lowest BCUT2D eigenvalue weighted by Gasteiger charge is -2.09. The number of fused-ring (bicyclic) bond motifs is 1. The van der Waals surface area contributed by atoms with Crippen LogP contribution in [-0.4, -0.2) is 39.0 Å². The molecule has 0 saturated heterocycles. The van der Waals surface area contributed by atoms with Gasteiger partial charge in [-0.3, -0.25) is 4.79 Å². The number of hydrogen-bond donors (Lipinski definition) is 1. The molecule has 0 atom stereocenters. The molecule has 0 bridgehead atoms. The fourth-order valence-corrected chi connectivity index (χ4v) is 6.10. The van der Waals surface area contributed by atoms with Gasteiger partial charge in [0, 0.05) is 22.9 Å². The summed E-state index contributed by atoms with van der Waals surface area (Å²) in [4.78, 5) is 26.4. The van der Waals surface area contributed by atoms with Crippen LogP contribution in [0.2, 0.25) is 5.02 Å². The van der Waals surface area contributed by atoms with Gasteiger partial charge < -0.3 is 14.6 Å². The second kappa shape index (κ2) is 10.7. The molecule has 0 unspecified atom stereocenters. The fraction of sp³-hybridized carbons (Fsp3) is 0.391. The smallest absolute Gasteiger partial charge is 0.341 e. The van der Waals surface area contributed by atoms with Crippen molar-refractivity contribution in [2.24, 2.45) is 0 Å². The Bertz CT molecular complexity index is 1160. The van der Waals surface area contributed by atoms with Gasteiger partial charge in [0.1, 0.15) is 10.8 Å². The van der Waals surface area contributed by atoms with E-state index in [1.807, 2.05) is 35.8 Å². The van der Waals surface area contributed by atoms with Crippen molar-refractivity contribution in [1.82, 2.24) is 14.8 Å². The molecule has 4 rings (SSSR count). The highest BCUT2D eigenvalue weighted by molar-refractivity contribution is 7.99. The Kier molecular flexibility index (Phi) is 7.72. The number of thioether (sulfide) groups is 1. The minimum Gasteiger partial charge on any atom is -0.462 e. The number of aryl methyl sites for hydroxylation is 1. The van der Waals surface area contributed by atoms with Crippen LogP contribution in [0.25, 0.3) is 0 Å². The maximum atomic E-state index is 12.7. The maximum Gasteiger partial charge on any atom is 0.341 e. The zero-order valence-electron chi connectivity index (χ0n) is 18.5. The molecule has 1 amide bonds. The normalized spacial score (nSPS) is 12.6. The number of carbonyl (C=O) groups is 2. The van der Waals surface area contributed by atoms with Crippen LogP contribution >= 0.6 is 34.7 Å². The zero-order valence-corrected chi connectivity index (χ0v) is 20.9. The average molecular weight is 505 g/mol. The number of nitrogens with zero attached hydrogens (tertiary/aromatic N) is 3. The van der Waals surface area contributed by atoms with Crippen LogP contribution in [0, 0.1) is 0 Å². The molecule has 1 aromatic carbocycles. The number of nitrogens with one attached hydrogen (secondary N) is 1.